The van der Waals surface area contributed by atoms with Gasteiger partial charge in [-0.25, -0.2) is 12.8 Å². The van der Waals surface area contributed by atoms with Crippen LogP contribution >= 0.6 is 0 Å². The second-order valence-electron chi connectivity index (χ2n) is 7.38. The molecule has 2 aromatic carbocycles. The summed E-state index contributed by atoms with van der Waals surface area (Å²) in [6.07, 6.45) is 3.17. The number of carbonyl (C=O) groups excluding carboxylic acids is 1. The molecule has 7 heteroatoms. The first-order valence-corrected chi connectivity index (χ1v) is 11.1. The van der Waals surface area contributed by atoms with E-state index < -0.39 is 15.8 Å². The molecular formula is C21H23FN2O3S. The lowest BCUT2D eigenvalue weighted by Gasteiger charge is -2.36. The lowest BCUT2D eigenvalue weighted by atomic mass is 9.95. The Hall–Kier alpha value is -2.25. The average Bonchev–Trinajstić information content (AvgIpc) is 2.73. The van der Waals surface area contributed by atoms with Gasteiger partial charge in [0, 0.05) is 25.3 Å². The number of benzene rings is 2. The number of hydrogen-bond donors (Lipinski definition) is 0. The molecule has 2 aliphatic heterocycles. The third kappa shape index (κ3) is 3.56. The van der Waals surface area contributed by atoms with Gasteiger partial charge in [-0.3, -0.25) is 4.79 Å². The highest BCUT2D eigenvalue weighted by Gasteiger charge is 2.36. The van der Waals surface area contributed by atoms with E-state index in [1.165, 1.54) is 16.4 Å². The second kappa shape index (κ2) is 7.64. The molecular weight excluding hydrogens is 379 g/mol. The Morgan fingerprint density at radius 3 is 2.54 bits per heavy atom. The van der Waals surface area contributed by atoms with E-state index in [1.54, 1.807) is 0 Å². The zero-order valence-electron chi connectivity index (χ0n) is 15.6. The van der Waals surface area contributed by atoms with E-state index in [2.05, 4.69) is 0 Å². The number of halogens is 1. The molecule has 4 rings (SSSR count). The van der Waals surface area contributed by atoms with Crippen molar-refractivity contribution < 1.29 is 17.6 Å². The fourth-order valence-electron chi connectivity index (χ4n) is 4.10. The first kappa shape index (κ1) is 19.1. The van der Waals surface area contributed by atoms with Crippen LogP contribution < -0.4 is 4.90 Å². The number of amides is 1. The summed E-state index contributed by atoms with van der Waals surface area (Å²) in [5, 5.41) is 0. The van der Waals surface area contributed by atoms with E-state index in [9.17, 15) is 17.6 Å². The van der Waals surface area contributed by atoms with Gasteiger partial charge in [-0.2, -0.15) is 4.31 Å². The first-order valence-electron chi connectivity index (χ1n) is 9.62. The summed E-state index contributed by atoms with van der Waals surface area (Å²) in [6.45, 7) is 1.20. The van der Waals surface area contributed by atoms with Gasteiger partial charge in [0.2, 0.25) is 15.9 Å². The smallest absolute Gasteiger partial charge is 0.243 e. The molecule has 0 N–H and O–H groups in total. The molecule has 0 unspecified atom stereocenters. The molecule has 1 amide bonds. The summed E-state index contributed by atoms with van der Waals surface area (Å²) in [4.78, 5) is 15.1. The number of rotatable bonds is 3. The average molecular weight is 402 g/mol. The van der Waals surface area contributed by atoms with Gasteiger partial charge < -0.3 is 4.90 Å². The van der Waals surface area contributed by atoms with Crippen LogP contribution in [0.1, 0.15) is 24.8 Å². The highest BCUT2D eigenvalue weighted by atomic mass is 32.2. The van der Waals surface area contributed by atoms with Crippen LogP contribution in [-0.2, 0) is 21.2 Å². The Bertz CT molecular complexity index is 975. The number of hydrogen-bond acceptors (Lipinski definition) is 3. The SMILES string of the molecule is O=C([C@@H]1CCCN(S(=O)(=O)c2ccc(F)cc2)C1)N1CCCc2ccccc21. The van der Waals surface area contributed by atoms with E-state index in [0.29, 0.717) is 25.9 Å². The fourth-order valence-corrected chi connectivity index (χ4v) is 5.62. The van der Waals surface area contributed by atoms with E-state index >= 15 is 0 Å². The zero-order chi connectivity index (χ0) is 19.7. The maximum Gasteiger partial charge on any atom is 0.243 e. The Balaban J connectivity index is 1.54. The van der Waals surface area contributed by atoms with E-state index in [4.69, 9.17) is 0 Å². The normalized spacial score (nSPS) is 20.6. The van der Waals surface area contributed by atoms with Crippen molar-refractivity contribution in [2.24, 2.45) is 5.92 Å². The summed E-state index contributed by atoms with van der Waals surface area (Å²) in [5.74, 6) is -0.851. The molecule has 0 aromatic heterocycles. The highest BCUT2D eigenvalue weighted by Crippen LogP contribution is 2.31. The van der Waals surface area contributed by atoms with Crippen molar-refractivity contribution >= 4 is 21.6 Å². The lowest BCUT2D eigenvalue weighted by Crippen LogP contribution is -2.48. The van der Waals surface area contributed by atoms with Gasteiger partial charge in [0.25, 0.3) is 0 Å². The minimum atomic E-state index is -3.74. The number of sulfonamides is 1. The van der Waals surface area contributed by atoms with Crippen LogP contribution in [-0.4, -0.2) is 38.3 Å². The molecule has 0 aliphatic carbocycles. The molecule has 2 aliphatic rings. The number of carbonyl (C=O) groups is 1. The van der Waals surface area contributed by atoms with Crippen molar-refractivity contribution in [1.29, 1.82) is 0 Å². The van der Waals surface area contributed by atoms with Gasteiger partial charge in [0.15, 0.2) is 0 Å². The molecule has 0 bridgehead atoms. The molecule has 0 saturated carbocycles. The highest BCUT2D eigenvalue weighted by molar-refractivity contribution is 7.89. The predicted octanol–water partition coefficient (Wildman–Crippen LogP) is 3.21. The number of aryl methyl sites for hydroxylation is 1. The predicted molar refractivity (Wildman–Crippen MR) is 105 cm³/mol. The lowest BCUT2D eigenvalue weighted by molar-refractivity contribution is -0.123. The van der Waals surface area contributed by atoms with Crippen LogP contribution in [0.15, 0.2) is 53.4 Å². The van der Waals surface area contributed by atoms with E-state index in [1.807, 2.05) is 29.2 Å². The van der Waals surface area contributed by atoms with E-state index in [0.717, 1.165) is 36.2 Å². The molecule has 5 nitrogen and oxygen atoms in total. The summed E-state index contributed by atoms with van der Waals surface area (Å²) >= 11 is 0. The largest absolute Gasteiger partial charge is 0.312 e. The van der Waals surface area contributed by atoms with Gasteiger partial charge >= 0.3 is 0 Å². The van der Waals surface area contributed by atoms with Gasteiger partial charge in [0.1, 0.15) is 5.82 Å². The van der Waals surface area contributed by atoms with Gasteiger partial charge in [0.05, 0.1) is 10.8 Å². The topological polar surface area (TPSA) is 57.7 Å². The van der Waals surface area contributed by atoms with E-state index in [-0.39, 0.29) is 23.3 Å². The van der Waals surface area contributed by atoms with Crippen molar-refractivity contribution in [2.45, 2.75) is 30.6 Å². The Kier molecular flexibility index (Phi) is 5.21. The fraction of sp³-hybridized carbons (Fsp3) is 0.381. The maximum atomic E-state index is 13.2. The van der Waals surface area contributed by atoms with Crippen molar-refractivity contribution in [3.05, 3.63) is 59.9 Å². The third-order valence-corrected chi connectivity index (χ3v) is 7.44. The minimum absolute atomic E-state index is 0.00819. The quantitative estimate of drug-likeness (QED) is 0.792. The number of fused-ring (bicyclic) bond motifs is 1. The van der Waals surface area contributed by atoms with Crippen molar-refractivity contribution in [3.8, 4) is 0 Å². The summed E-state index contributed by atoms with van der Waals surface area (Å²) in [5.41, 5.74) is 2.10. The Morgan fingerprint density at radius 1 is 1.00 bits per heavy atom. The van der Waals surface area contributed by atoms with Crippen LogP contribution in [0.4, 0.5) is 10.1 Å². The summed E-state index contributed by atoms with van der Waals surface area (Å²) < 4.78 is 40.4. The maximum absolute atomic E-state index is 13.2. The molecule has 2 heterocycles. The summed E-state index contributed by atoms with van der Waals surface area (Å²) in [7, 11) is -3.74. The van der Waals surface area contributed by atoms with Crippen LogP contribution in [0.25, 0.3) is 0 Å². The van der Waals surface area contributed by atoms with Crippen LogP contribution in [0.5, 0.6) is 0 Å². The third-order valence-electron chi connectivity index (χ3n) is 5.56. The molecule has 1 atom stereocenters. The Morgan fingerprint density at radius 2 is 1.75 bits per heavy atom. The number of piperidine rings is 1. The van der Waals surface area contributed by atoms with Crippen LogP contribution in [0.3, 0.4) is 0 Å². The van der Waals surface area contributed by atoms with Gasteiger partial charge in [-0.15, -0.1) is 0 Å². The Labute approximate surface area is 164 Å². The van der Waals surface area contributed by atoms with Gasteiger partial charge in [-0.1, -0.05) is 18.2 Å². The molecule has 28 heavy (non-hydrogen) atoms. The first-order chi connectivity index (χ1) is 13.5. The van der Waals surface area contributed by atoms with Crippen LogP contribution in [0, 0.1) is 11.7 Å². The van der Waals surface area contributed by atoms with Crippen molar-refractivity contribution in [1.82, 2.24) is 4.31 Å². The molecule has 1 saturated heterocycles. The van der Waals surface area contributed by atoms with Crippen molar-refractivity contribution in [2.75, 3.05) is 24.5 Å². The summed E-state index contributed by atoms with van der Waals surface area (Å²) in [6, 6.07) is 12.7. The van der Waals surface area contributed by atoms with Crippen molar-refractivity contribution in [3.63, 3.8) is 0 Å². The van der Waals surface area contributed by atoms with Crippen LogP contribution in [0.2, 0.25) is 0 Å². The second-order valence-corrected chi connectivity index (χ2v) is 9.32. The minimum Gasteiger partial charge on any atom is -0.312 e. The zero-order valence-corrected chi connectivity index (χ0v) is 16.4. The molecule has 1 fully saturated rings. The molecule has 0 radical (unpaired) electrons. The number of nitrogens with zero attached hydrogens (tertiary/aromatic N) is 2. The molecule has 0 spiro atoms. The van der Waals surface area contributed by atoms with Gasteiger partial charge in [-0.05, 0) is 61.6 Å². The number of para-hydroxylation sites is 1. The number of anilines is 1. The standard InChI is InChI=1S/C21H23FN2O3S/c22-18-9-11-19(12-10-18)28(26,27)23-13-3-7-17(15-23)21(25)24-14-4-6-16-5-1-2-8-20(16)24/h1-2,5,8-12,17H,3-4,6-7,13-15H2/t17-/m1/s1. The monoisotopic (exact) mass is 402 g/mol. The molecule has 148 valence electrons. The molecule has 2 aromatic rings.